The number of amides is 1. The number of carbonyl (C=O) groups is 1. The fourth-order valence-electron chi connectivity index (χ4n) is 3.24. The first-order chi connectivity index (χ1) is 13.1. The molecule has 3 heterocycles. The molecule has 0 radical (unpaired) electrons. The summed E-state index contributed by atoms with van der Waals surface area (Å²) in [5, 5.41) is 8.42. The molecule has 1 saturated heterocycles. The summed E-state index contributed by atoms with van der Waals surface area (Å²) in [7, 11) is 0. The van der Waals surface area contributed by atoms with E-state index in [1.807, 2.05) is 36.1 Å². The van der Waals surface area contributed by atoms with E-state index in [1.165, 1.54) is 11.8 Å². The van der Waals surface area contributed by atoms with Crippen LogP contribution >= 0.6 is 0 Å². The van der Waals surface area contributed by atoms with Gasteiger partial charge >= 0.3 is 0 Å². The molecular weight excluding hydrogens is 344 g/mol. The first-order valence-corrected chi connectivity index (χ1v) is 9.09. The third-order valence-electron chi connectivity index (χ3n) is 4.98. The lowest BCUT2D eigenvalue weighted by molar-refractivity contribution is 0.0531. The molecule has 1 atom stereocenters. The number of rotatable bonds is 4. The second kappa shape index (κ2) is 7.36. The van der Waals surface area contributed by atoms with Crippen molar-refractivity contribution >= 4 is 5.91 Å². The van der Waals surface area contributed by atoms with E-state index in [4.69, 9.17) is 8.83 Å². The van der Waals surface area contributed by atoms with Gasteiger partial charge in [0, 0.05) is 31.7 Å². The highest BCUT2D eigenvalue weighted by Gasteiger charge is 2.28. The maximum Gasteiger partial charge on any atom is 0.289 e. The van der Waals surface area contributed by atoms with Crippen LogP contribution in [-0.2, 0) is 0 Å². The molecule has 2 aromatic heterocycles. The molecule has 0 spiro atoms. The fourth-order valence-corrected chi connectivity index (χ4v) is 3.24. The number of furan rings is 1. The van der Waals surface area contributed by atoms with Gasteiger partial charge in [0.15, 0.2) is 5.76 Å². The van der Waals surface area contributed by atoms with Crippen molar-refractivity contribution in [3.8, 4) is 11.5 Å². The molecule has 1 fully saturated rings. The normalized spacial score (nSPS) is 16.4. The van der Waals surface area contributed by atoms with Gasteiger partial charge in [-0.25, -0.2) is 0 Å². The molecule has 0 unspecified atom stereocenters. The Balaban J connectivity index is 1.39. The highest BCUT2D eigenvalue weighted by atomic mass is 16.4. The SMILES string of the molecule is Cc1ccc(-c2nnc([C@@H](C)N3CCN(C(=O)c4ccco4)CC3)o2)cc1. The average molecular weight is 366 g/mol. The minimum Gasteiger partial charge on any atom is -0.459 e. The average Bonchev–Trinajstić information content (AvgIpc) is 3.40. The number of piperazine rings is 1. The predicted octanol–water partition coefficient (Wildman–Crippen LogP) is 3.16. The molecule has 3 aromatic rings. The third-order valence-corrected chi connectivity index (χ3v) is 4.98. The van der Waals surface area contributed by atoms with Crippen molar-refractivity contribution in [2.24, 2.45) is 0 Å². The minimum absolute atomic E-state index is 0.00226. The molecule has 0 N–H and O–H groups in total. The molecule has 1 aromatic carbocycles. The Bertz CT molecular complexity index is 894. The van der Waals surface area contributed by atoms with E-state index in [1.54, 1.807) is 12.1 Å². The lowest BCUT2D eigenvalue weighted by atomic mass is 10.1. The zero-order valence-electron chi connectivity index (χ0n) is 15.5. The summed E-state index contributed by atoms with van der Waals surface area (Å²) < 4.78 is 11.1. The molecule has 7 heteroatoms. The first-order valence-electron chi connectivity index (χ1n) is 9.09. The van der Waals surface area contributed by atoms with E-state index >= 15 is 0 Å². The predicted molar refractivity (Wildman–Crippen MR) is 99.1 cm³/mol. The van der Waals surface area contributed by atoms with Gasteiger partial charge in [-0.3, -0.25) is 9.69 Å². The molecule has 0 aliphatic carbocycles. The van der Waals surface area contributed by atoms with Gasteiger partial charge in [0.05, 0.1) is 12.3 Å². The number of carbonyl (C=O) groups excluding carboxylic acids is 1. The lowest BCUT2D eigenvalue weighted by Gasteiger charge is -2.36. The van der Waals surface area contributed by atoms with Crippen molar-refractivity contribution in [3.05, 3.63) is 59.9 Å². The summed E-state index contributed by atoms with van der Waals surface area (Å²) in [5.74, 6) is 1.45. The van der Waals surface area contributed by atoms with E-state index in [0.29, 0.717) is 30.6 Å². The van der Waals surface area contributed by atoms with Gasteiger partial charge in [0.1, 0.15) is 0 Å². The van der Waals surface area contributed by atoms with Gasteiger partial charge in [-0.2, -0.15) is 0 Å². The minimum atomic E-state index is -0.0632. The molecule has 1 amide bonds. The molecule has 0 saturated carbocycles. The van der Waals surface area contributed by atoms with Gasteiger partial charge in [-0.05, 0) is 38.1 Å². The van der Waals surface area contributed by atoms with E-state index < -0.39 is 0 Å². The molecule has 140 valence electrons. The van der Waals surface area contributed by atoms with Crippen LogP contribution in [0.1, 0.15) is 35.0 Å². The largest absolute Gasteiger partial charge is 0.459 e. The summed E-state index contributed by atoms with van der Waals surface area (Å²) in [6.07, 6.45) is 1.52. The van der Waals surface area contributed by atoms with E-state index in [0.717, 1.165) is 18.7 Å². The topological polar surface area (TPSA) is 75.6 Å². The van der Waals surface area contributed by atoms with Crippen LogP contribution in [0.4, 0.5) is 0 Å². The van der Waals surface area contributed by atoms with E-state index in [2.05, 4.69) is 22.0 Å². The van der Waals surface area contributed by atoms with Gasteiger partial charge in [-0.15, -0.1) is 10.2 Å². The van der Waals surface area contributed by atoms with Gasteiger partial charge < -0.3 is 13.7 Å². The summed E-state index contributed by atoms with van der Waals surface area (Å²) in [6, 6.07) is 11.4. The van der Waals surface area contributed by atoms with Crippen LogP contribution < -0.4 is 0 Å². The number of benzene rings is 1. The van der Waals surface area contributed by atoms with E-state index in [9.17, 15) is 4.79 Å². The van der Waals surface area contributed by atoms with Crippen LogP contribution in [0.15, 0.2) is 51.5 Å². The molecular formula is C20H22N4O3. The summed E-state index contributed by atoms with van der Waals surface area (Å²) in [4.78, 5) is 16.4. The standard InChI is InChI=1S/C20H22N4O3/c1-14-5-7-16(8-6-14)19-22-21-18(27-19)15(2)23-9-11-24(12-10-23)20(25)17-4-3-13-26-17/h3-8,13,15H,9-12H2,1-2H3/t15-/m1/s1. The number of hydrogen-bond acceptors (Lipinski definition) is 6. The quantitative estimate of drug-likeness (QED) is 0.706. The van der Waals surface area contributed by atoms with Crippen molar-refractivity contribution in [2.45, 2.75) is 19.9 Å². The van der Waals surface area contributed by atoms with Gasteiger partial charge in [-0.1, -0.05) is 17.7 Å². The molecule has 1 aliphatic heterocycles. The Hall–Kier alpha value is -2.93. The Morgan fingerprint density at radius 3 is 2.48 bits per heavy atom. The first kappa shape index (κ1) is 17.5. The Kier molecular flexibility index (Phi) is 4.77. The Labute approximate surface area is 157 Å². The lowest BCUT2D eigenvalue weighted by Crippen LogP contribution is -2.49. The summed E-state index contributed by atoms with van der Waals surface area (Å²) in [5.41, 5.74) is 2.11. The molecule has 1 aliphatic rings. The summed E-state index contributed by atoms with van der Waals surface area (Å²) in [6.45, 7) is 6.87. The van der Waals surface area contributed by atoms with Crippen LogP contribution in [0.3, 0.4) is 0 Å². The highest BCUT2D eigenvalue weighted by molar-refractivity contribution is 5.91. The maximum atomic E-state index is 12.4. The van der Waals surface area contributed by atoms with Crippen molar-refractivity contribution in [1.29, 1.82) is 0 Å². The van der Waals surface area contributed by atoms with Crippen molar-refractivity contribution in [2.75, 3.05) is 26.2 Å². The van der Waals surface area contributed by atoms with Crippen LogP contribution in [0.25, 0.3) is 11.5 Å². The number of aromatic nitrogens is 2. The number of nitrogens with zero attached hydrogens (tertiary/aromatic N) is 4. The third kappa shape index (κ3) is 3.64. The molecule has 27 heavy (non-hydrogen) atoms. The Morgan fingerprint density at radius 1 is 1.07 bits per heavy atom. The van der Waals surface area contributed by atoms with Crippen molar-refractivity contribution in [1.82, 2.24) is 20.0 Å². The zero-order chi connectivity index (χ0) is 18.8. The monoisotopic (exact) mass is 366 g/mol. The maximum absolute atomic E-state index is 12.4. The van der Waals surface area contributed by atoms with Gasteiger partial charge in [0.25, 0.3) is 5.91 Å². The second-order valence-electron chi connectivity index (χ2n) is 6.79. The highest BCUT2D eigenvalue weighted by Crippen LogP contribution is 2.25. The molecule has 4 rings (SSSR count). The van der Waals surface area contributed by atoms with Crippen molar-refractivity contribution < 1.29 is 13.6 Å². The van der Waals surface area contributed by atoms with Crippen LogP contribution in [0.5, 0.6) is 0 Å². The smallest absolute Gasteiger partial charge is 0.289 e. The fraction of sp³-hybridized carbons (Fsp3) is 0.350. The molecule has 7 nitrogen and oxygen atoms in total. The Morgan fingerprint density at radius 2 is 1.81 bits per heavy atom. The van der Waals surface area contributed by atoms with E-state index in [-0.39, 0.29) is 11.9 Å². The molecule has 0 bridgehead atoms. The second-order valence-corrected chi connectivity index (χ2v) is 6.79. The van der Waals surface area contributed by atoms with Gasteiger partial charge in [0.2, 0.25) is 11.8 Å². The number of hydrogen-bond donors (Lipinski definition) is 0. The van der Waals surface area contributed by atoms with Crippen LogP contribution in [0, 0.1) is 6.92 Å². The number of aryl methyl sites for hydroxylation is 1. The van der Waals surface area contributed by atoms with Crippen LogP contribution in [-0.4, -0.2) is 52.1 Å². The summed E-state index contributed by atoms with van der Waals surface area (Å²) >= 11 is 0. The zero-order valence-corrected chi connectivity index (χ0v) is 15.5. The van der Waals surface area contributed by atoms with Crippen molar-refractivity contribution in [3.63, 3.8) is 0 Å². The van der Waals surface area contributed by atoms with Crippen LogP contribution in [0.2, 0.25) is 0 Å².